The molecule has 0 unspecified atom stereocenters. The van der Waals surface area contributed by atoms with Crippen LogP contribution < -0.4 is 26.1 Å². The Balaban J connectivity index is 2.26. The Kier molecular flexibility index (Phi) is 3.94. The third kappa shape index (κ3) is 3.19. The highest BCUT2D eigenvalue weighted by atomic mass is 16.5. The van der Waals surface area contributed by atoms with E-state index in [1.165, 1.54) is 7.11 Å². The molecule has 100 valence electrons. The summed E-state index contributed by atoms with van der Waals surface area (Å²) < 4.78 is 10.1. The zero-order valence-electron chi connectivity index (χ0n) is 10.5. The van der Waals surface area contributed by atoms with Crippen LogP contribution in [0.4, 0.5) is 17.6 Å². The molecule has 1 heterocycles. The third-order valence-corrected chi connectivity index (χ3v) is 2.25. The summed E-state index contributed by atoms with van der Waals surface area (Å²) in [6.45, 7) is 0. The molecule has 2 rings (SSSR count). The van der Waals surface area contributed by atoms with Gasteiger partial charge in [-0.05, 0) is 12.1 Å². The van der Waals surface area contributed by atoms with E-state index in [0.717, 1.165) is 11.4 Å². The standard InChI is InChI=1S/C11H14N6O2/c1-18-8-5-3-4-7(6-8)13-9-14-10(17-12)16-11(15-9)19-2/h3-6H,12H2,1-2H3,(H2,13,14,15,16,17). The van der Waals surface area contributed by atoms with E-state index >= 15 is 0 Å². The zero-order valence-corrected chi connectivity index (χ0v) is 10.5. The molecule has 0 spiro atoms. The molecular formula is C11H14N6O2. The number of rotatable bonds is 5. The zero-order chi connectivity index (χ0) is 13.7. The average molecular weight is 262 g/mol. The van der Waals surface area contributed by atoms with E-state index in [1.807, 2.05) is 24.3 Å². The van der Waals surface area contributed by atoms with Crippen LogP contribution in [-0.4, -0.2) is 29.2 Å². The van der Waals surface area contributed by atoms with Crippen molar-refractivity contribution in [2.75, 3.05) is 25.0 Å². The van der Waals surface area contributed by atoms with Crippen molar-refractivity contribution in [2.45, 2.75) is 0 Å². The van der Waals surface area contributed by atoms with Crippen molar-refractivity contribution < 1.29 is 9.47 Å². The number of nitrogens with zero attached hydrogens (tertiary/aromatic N) is 3. The number of anilines is 3. The highest BCUT2D eigenvalue weighted by molar-refractivity contribution is 5.56. The molecule has 0 aliphatic carbocycles. The summed E-state index contributed by atoms with van der Waals surface area (Å²) in [5.41, 5.74) is 3.12. The average Bonchev–Trinajstić information content (AvgIpc) is 2.47. The number of hydrogen-bond donors (Lipinski definition) is 3. The molecule has 0 bridgehead atoms. The number of nitrogens with two attached hydrogens (primary N) is 1. The lowest BCUT2D eigenvalue weighted by Crippen LogP contribution is -2.13. The van der Waals surface area contributed by atoms with Gasteiger partial charge in [-0.25, -0.2) is 5.84 Å². The minimum atomic E-state index is 0.161. The summed E-state index contributed by atoms with van der Waals surface area (Å²) >= 11 is 0. The van der Waals surface area contributed by atoms with Crippen molar-refractivity contribution in [3.05, 3.63) is 24.3 Å². The Morgan fingerprint density at radius 3 is 2.53 bits per heavy atom. The maximum absolute atomic E-state index is 5.28. The highest BCUT2D eigenvalue weighted by Crippen LogP contribution is 2.20. The second-order valence-electron chi connectivity index (χ2n) is 3.47. The lowest BCUT2D eigenvalue weighted by atomic mass is 10.3. The van der Waals surface area contributed by atoms with Gasteiger partial charge in [-0.15, -0.1) is 0 Å². The van der Waals surface area contributed by atoms with Gasteiger partial charge in [-0.1, -0.05) is 6.07 Å². The quantitative estimate of drug-likeness (QED) is 0.539. The second-order valence-corrected chi connectivity index (χ2v) is 3.47. The van der Waals surface area contributed by atoms with Gasteiger partial charge in [0.1, 0.15) is 5.75 Å². The second kappa shape index (κ2) is 5.83. The van der Waals surface area contributed by atoms with Crippen molar-refractivity contribution in [3.8, 4) is 11.8 Å². The summed E-state index contributed by atoms with van der Waals surface area (Å²) in [5, 5.41) is 3.01. The predicted octanol–water partition coefficient (Wildman–Crippen LogP) is 0.918. The number of benzene rings is 1. The number of hydrogen-bond acceptors (Lipinski definition) is 8. The molecule has 1 aromatic heterocycles. The Hall–Kier alpha value is -2.61. The van der Waals surface area contributed by atoms with Crippen LogP contribution in [0, 0.1) is 0 Å². The smallest absolute Gasteiger partial charge is 0.322 e. The Morgan fingerprint density at radius 2 is 1.84 bits per heavy atom. The summed E-state index contributed by atoms with van der Waals surface area (Å²) in [6.07, 6.45) is 0. The fourth-order valence-corrected chi connectivity index (χ4v) is 1.40. The first-order valence-electron chi connectivity index (χ1n) is 5.43. The van der Waals surface area contributed by atoms with Gasteiger partial charge >= 0.3 is 6.01 Å². The molecule has 0 aliphatic rings. The lowest BCUT2D eigenvalue weighted by molar-refractivity contribution is 0.379. The molecule has 2 aromatic rings. The van der Waals surface area contributed by atoms with Crippen molar-refractivity contribution in [1.29, 1.82) is 0 Å². The summed E-state index contributed by atoms with van der Waals surface area (Å²) in [4.78, 5) is 12.0. The minimum Gasteiger partial charge on any atom is -0.497 e. The van der Waals surface area contributed by atoms with E-state index in [2.05, 4.69) is 25.7 Å². The molecule has 0 radical (unpaired) electrons. The summed E-state index contributed by atoms with van der Waals surface area (Å²) in [5.74, 6) is 6.52. The Bertz CT molecular complexity index is 540. The van der Waals surface area contributed by atoms with Crippen molar-refractivity contribution in [1.82, 2.24) is 15.0 Å². The van der Waals surface area contributed by atoms with Gasteiger partial charge < -0.3 is 14.8 Å². The van der Waals surface area contributed by atoms with Crippen LogP contribution in [0.5, 0.6) is 11.8 Å². The lowest BCUT2D eigenvalue weighted by Gasteiger charge is -2.08. The van der Waals surface area contributed by atoms with Crippen LogP contribution in [0.3, 0.4) is 0 Å². The van der Waals surface area contributed by atoms with Gasteiger partial charge in [0, 0.05) is 11.8 Å². The molecule has 0 saturated carbocycles. The largest absolute Gasteiger partial charge is 0.497 e. The highest BCUT2D eigenvalue weighted by Gasteiger charge is 2.06. The number of ether oxygens (including phenoxy) is 2. The van der Waals surface area contributed by atoms with Gasteiger partial charge in [0.05, 0.1) is 14.2 Å². The van der Waals surface area contributed by atoms with Gasteiger partial charge in [0.25, 0.3) is 0 Å². The SMILES string of the molecule is COc1cccc(Nc2nc(NN)nc(OC)n2)c1. The van der Waals surface area contributed by atoms with E-state index in [1.54, 1.807) is 7.11 Å². The normalized spacial score (nSPS) is 9.84. The number of aromatic nitrogens is 3. The topological polar surface area (TPSA) is 107 Å². The molecule has 0 fully saturated rings. The van der Waals surface area contributed by atoms with Crippen molar-refractivity contribution >= 4 is 17.6 Å². The fourth-order valence-electron chi connectivity index (χ4n) is 1.40. The van der Waals surface area contributed by atoms with Crippen LogP contribution in [0.15, 0.2) is 24.3 Å². The third-order valence-electron chi connectivity index (χ3n) is 2.25. The molecule has 0 atom stereocenters. The fraction of sp³-hybridized carbons (Fsp3) is 0.182. The molecule has 8 nitrogen and oxygen atoms in total. The molecule has 0 aliphatic heterocycles. The van der Waals surface area contributed by atoms with Gasteiger partial charge in [0.15, 0.2) is 0 Å². The molecule has 0 amide bonds. The minimum absolute atomic E-state index is 0.161. The summed E-state index contributed by atoms with van der Waals surface area (Å²) in [7, 11) is 3.06. The maximum Gasteiger partial charge on any atom is 0.322 e. The summed E-state index contributed by atoms with van der Waals surface area (Å²) in [6, 6.07) is 7.52. The number of nitrogen functional groups attached to an aromatic ring is 1. The monoisotopic (exact) mass is 262 g/mol. The van der Waals surface area contributed by atoms with Crippen LogP contribution in [0.1, 0.15) is 0 Å². The van der Waals surface area contributed by atoms with E-state index in [4.69, 9.17) is 15.3 Å². The first kappa shape index (κ1) is 12.8. The van der Waals surface area contributed by atoms with Crippen molar-refractivity contribution in [2.24, 2.45) is 5.84 Å². The van der Waals surface area contributed by atoms with E-state index in [-0.39, 0.29) is 12.0 Å². The van der Waals surface area contributed by atoms with Gasteiger partial charge in [-0.3, -0.25) is 5.43 Å². The van der Waals surface area contributed by atoms with Gasteiger partial charge in [0.2, 0.25) is 11.9 Å². The number of hydrazine groups is 1. The van der Waals surface area contributed by atoms with Crippen molar-refractivity contribution in [3.63, 3.8) is 0 Å². The molecule has 0 saturated heterocycles. The first-order valence-corrected chi connectivity index (χ1v) is 5.43. The van der Waals surface area contributed by atoms with Crippen LogP contribution in [0.25, 0.3) is 0 Å². The first-order chi connectivity index (χ1) is 9.25. The Labute approximate surface area is 110 Å². The predicted molar refractivity (Wildman–Crippen MR) is 70.5 cm³/mol. The van der Waals surface area contributed by atoms with Gasteiger partial charge in [-0.2, -0.15) is 15.0 Å². The molecule has 19 heavy (non-hydrogen) atoms. The van der Waals surface area contributed by atoms with E-state index in [0.29, 0.717) is 5.95 Å². The van der Waals surface area contributed by atoms with Crippen LogP contribution in [-0.2, 0) is 0 Å². The molecule has 8 heteroatoms. The molecule has 1 aromatic carbocycles. The number of nitrogens with one attached hydrogen (secondary N) is 2. The number of methoxy groups -OCH3 is 2. The molecular weight excluding hydrogens is 248 g/mol. The van der Waals surface area contributed by atoms with Crippen LogP contribution >= 0.6 is 0 Å². The van der Waals surface area contributed by atoms with Crippen LogP contribution in [0.2, 0.25) is 0 Å². The van der Waals surface area contributed by atoms with E-state index in [9.17, 15) is 0 Å². The Morgan fingerprint density at radius 1 is 1.05 bits per heavy atom. The molecule has 4 N–H and O–H groups in total. The van der Waals surface area contributed by atoms with E-state index < -0.39 is 0 Å². The maximum atomic E-state index is 5.28.